The Hall–Kier alpha value is -2.17. The molecule has 0 spiro atoms. The average Bonchev–Trinajstić information content (AvgIpc) is 2.73. The monoisotopic (exact) mass is 415 g/mol. The van der Waals surface area contributed by atoms with E-state index in [2.05, 4.69) is 30.0 Å². The lowest BCUT2D eigenvalue weighted by atomic mass is 10.0. The standard InChI is InChI=1S/C22H27FN3O2P/c1-24(2)17-8-10-25(11-9-17)22-13-20(27)26-14-16(5-7-21(26)29-22)15-4-6-19(28-3)18(23)12-15/h4-7,12-14,17,21,29H,8-11H2,1-3H3. The number of ether oxygens (including phenoxy) is 1. The van der Waals surface area contributed by atoms with Crippen molar-refractivity contribution in [3.8, 4) is 5.75 Å². The van der Waals surface area contributed by atoms with Gasteiger partial charge in [-0.2, -0.15) is 0 Å². The number of fused-ring (bicyclic) bond motifs is 1. The van der Waals surface area contributed by atoms with Crippen molar-refractivity contribution in [1.29, 1.82) is 0 Å². The third-order valence-electron chi connectivity index (χ3n) is 5.87. The van der Waals surface area contributed by atoms with Gasteiger partial charge in [-0.3, -0.25) is 4.79 Å². The maximum Gasteiger partial charge on any atom is 0.253 e. The maximum absolute atomic E-state index is 14.1. The number of carbonyl (C=O) groups is 1. The minimum absolute atomic E-state index is 0.00526. The lowest BCUT2D eigenvalue weighted by Crippen LogP contribution is -2.43. The number of hydrogen-bond acceptors (Lipinski definition) is 4. The summed E-state index contributed by atoms with van der Waals surface area (Å²) in [4.78, 5) is 19.3. The molecule has 1 aromatic carbocycles. The average molecular weight is 415 g/mol. The predicted octanol–water partition coefficient (Wildman–Crippen LogP) is 3.46. The second kappa shape index (κ2) is 8.29. The summed E-state index contributed by atoms with van der Waals surface area (Å²) in [6, 6.07) is 5.49. The van der Waals surface area contributed by atoms with Crippen molar-refractivity contribution in [2.24, 2.45) is 0 Å². The highest BCUT2D eigenvalue weighted by molar-refractivity contribution is 7.44. The van der Waals surface area contributed by atoms with Crippen LogP contribution in [0.3, 0.4) is 0 Å². The molecule has 7 heteroatoms. The van der Waals surface area contributed by atoms with Crippen LogP contribution in [0.25, 0.3) is 5.57 Å². The fourth-order valence-corrected chi connectivity index (χ4v) is 5.54. The van der Waals surface area contributed by atoms with Crippen molar-refractivity contribution in [2.75, 3.05) is 34.3 Å². The lowest BCUT2D eigenvalue weighted by Gasteiger charge is -2.41. The summed E-state index contributed by atoms with van der Waals surface area (Å²) in [5.41, 5.74) is 2.71. The van der Waals surface area contributed by atoms with E-state index in [1.807, 2.05) is 18.3 Å². The summed E-state index contributed by atoms with van der Waals surface area (Å²) < 4.78 is 19.1. The lowest BCUT2D eigenvalue weighted by molar-refractivity contribution is -0.124. The van der Waals surface area contributed by atoms with Crippen LogP contribution in [0.5, 0.6) is 5.75 Å². The Bertz CT molecular complexity index is 888. The van der Waals surface area contributed by atoms with Gasteiger partial charge in [-0.15, -0.1) is 0 Å². The smallest absolute Gasteiger partial charge is 0.253 e. The van der Waals surface area contributed by atoms with E-state index >= 15 is 0 Å². The van der Waals surface area contributed by atoms with E-state index in [0.29, 0.717) is 14.6 Å². The molecular formula is C22H27FN3O2P. The fourth-order valence-electron chi connectivity index (χ4n) is 4.09. The first-order valence-electron chi connectivity index (χ1n) is 9.92. The molecular weight excluding hydrogens is 388 g/mol. The van der Waals surface area contributed by atoms with Crippen molar-refractivity contribution in [1.82, 2.24) is 14.7 Å². The number of benzene rings is 1. The second-order valence-electron chi connectivity index (χ2n) is 7.84. The van der Waals surface area contributed by atoms with E-state index in [4.69, 9.17) is 4.74 Å². The van der Waals surface area contributed by atoms with E-state index in [1.165, 1.54) is 13.2 Å². The Morgan fingerprint density at radius 1 is 1.24 bits per heavy atom. The first-order valence-corrected chi connectivity index (χ1v) is 11.0. The molecule has 154 valence electrons. The highest BCUT2D eigenvalue weighted by atomic mass is 31.1. The number of nitrogens with zero attached hydrogens (tertiary/aromatic N) is 3. The van der Waals surface area contributed by atoms with Crippen LogP contribution in [0.2, 0.25) is 0 Å². The normalized spacial score (nSPS) is 23.3. The number of hydrogen-bond donors (Lipinski definition) is 0. The van der Waals surface area contributed by atoms with Crippen LogP contribution < -0.4 is 4.74 Å². The zero-order chi connectivity index (χ0) is 20.5. The zero-order valence-corrected chi connectivity index (χ0v) is 18.1. The van der Waals surface area contributed by atoms with Gasteiger partial charge >= 0.3 is 0 Å². The molecule has 0 aliphatic carbocycles. The molecule has 3 heterocycles. The van der Waals surface area contributed by atoms with Gasteiger partial charge in [-0.1, -0.05) is 18.2 Å². The number of halogens is 1. The molecule has 3 aliphatic rings. The van der Waals surface area contributed by atoms with Gasteiger partial charge in [0.05, 0.1) is 12.9 Å². The minimum Gasteiger partial charge on any atom is -0.494 e. The highest BCUT2D eigenvalue weighted by Crippen LogP contribution is 2.42. The van der Waals surface area contributed by atoms with Gasteiger partial charge in [0, 0.05) is 36.8 Å². The number of allylic oxidation sites excluding steroid dienone is 2. The van der Waals surface area contributed by atoms with Gasteiger partial charge in [-0.05, 0) is 58.8 Å². The first-order chi connectivity index (χ1) is 14.0. The van der Waals surface area contributed by atoms with Gasteiger partial charge < -0.3 is 19.4 Å². The first kappa shape index (κ1) is 20.1. The van der Waals surface area contributed by atoms with Crippen LogP contribution in [0.15, 0.2) is 48.1 Å². The van der Waals surface area contributed by atoms with Crippen LogP contribution in [-0.4, -0.2) is 66.7 Å². The fraction of sp³-hybridized carbons (Fsp3) is 0.409. The van der Waals surface area contributed by atoms with E-state index in [0.717, 1.165) is 42.5 Å². The SMILES string of the molecule is COc1ccc(C2=CN3C(=O)C=C(N4CCC(N(C)C)CC4)PC3C=C2)cc1F. The van der Waals surface area contributed by atoms with Gasteiger partial charge in [0.15, 0.2) is 11.6 Å². The van der Waals surface area contributed by atoms with E-state index in [1.54, 1.807) is 17.0 Å². The van der Waals surface area contributed by atoms with E-state index < -0.39 is 5.82 Å². The Labute approximate surface area is 173 Å². The van der Waals surface area contributed by atoms with Crippen LogP contribution >= 0.6 is 8.58 Å². The Balaban J connectivity index is 1.49. The molecule has 0 bridgehead atoms. The Kier molecular flexibility index (Phi) is 5.75. The number of carbonyl (C=O) groups excluding carboxylic acids is 1. The topological polar surface area (TPSA) is 36.0 Å². The Morgan fingerprint density at radius 2 is 2.00 bits per heavy atom. The van der Waals surface area contributed by atoms with Crippen molar-refractivity contribution < 1.29 is 13.9 Å². The van der Waals surface area contributed by atoms with E-state index in [-0.39, 0.29) is 17.4 Å². The molecule has 3 aliphatic heterocycles. The number of methoxy groups -OCH3 is 1. The number of rotatable bonds is 4. The molecule has 1 amide bonds. The van der Waals surface area contributed by atoms with Gasteiger partial charge in [0.1, 0.15) is 0 Å². The molecule has 2 unspecified atom stereocenters. The second-order valence-corrected chi connectivity index (χ2v) is 9.23. The molecule has 1 saturated heterocycles. The molecule has 4 rings (SSSR count). The molecule has 1 fully saturated rings. The molecule has 29 heavy (non-hydrogen) atoms. The summed E-state index contributed by atoms with van der Waals surface area (Å²) in [6.45, 7) is 2.00. The Morgan fingerprint density at radius 3 is 2.66 bits per heavy atom. The summed E-state index contributed by atoms with van der Waals surface area (Å²) in [7, 11) is 6.24. The summed E-state index contributed by atoms with van der Waals surface area (Å²) >= 11 is 0. The maximum atomic E-state index is 14.1. The van der Waals surface area contributed by atoms with Crippen LogP contribution in [0.1, 0.15) is 18.4 Å². The van der Waals surface area contributed by atoms with Gasteiger partial charge in [-0.25, -0.2) is 4.39 Å². The van der Waals surface area contributed by atoms with Gasteiger partial charge in [0.25, 0.3) is 5.91 Å². The number of likely N-dealkylation sites (tertiary alicyclic amines) is 1. The highest BCUT2D eigenvalue weighted by Gasteiger charge is 2.31. The minimum atomic E-state index is -0.406. The van der Waals surface area contributed by atoms with E-state index in [9.17, 15) is 9.18 Å². The number of piperidine rings is 1. The third-order valence-corrected chi connectivity index (χ3v) is 7.39. The molecule has 0 radical (unpaired) electrons. The van der Waals surface area contributed by atoms with Crippen LogP contribution in [-0.2, 0) is 4.79 Å². The summed E-state index contributed by atoms with van der Waals surface area (Å²) in [5.74, 6) is -0.153. The molecule has 5 nitrogen and oxygen atoms in total. The quantitative estimate of drug-likeness (QED) is 0.706. The molecule has 2 atom stereocenters. The van der Waals surface area contributed by atoms with Crippen molar-refractivity contribution >= 4 is 20.1 Å². The summed E-state index contributed by atoms with van der Waals surface area (Å²) in [5, 5.41) is 0. The molecule has 0 N–H and O–H groups in total. The van der Waals surface area contributed by atoms with Crippen molar-refractivity contribution in [2.45, 2.75) is 24.7 Å². The van der Waals surface area contributed by atoms with Crippen molar-refractivity contribution in [3.05, 3.63) is 59.4 Å². The molecule has 0 aromatic heterocycles. The van der Waals surface area contributed by atoms with Crippen LogP contribution in [0.4, 0.5) is 4.39 Å². The largest absolute Gasteiger partial charge is 0.494 e. The zero-order valence-electron chi connectivity index (χ0n) is 17.1. The van der Waals surface area contributed by atoms with Gasteiger partial charge in [0.2, 0.25) is 0 Å². The third kappa shape index (κ3) is 4.10. The predicted molar refractivity (Wildman–Crippen MR) is 115 cm³/mol. The molecule has 0 saturated carbocycles. The molecule has 1 aromatic rings. The van der Waals surface area contributed by atoms with Crippen LogP contribution in [0, 0.1) is 5.82 Å². The summed E-state index contributed by atoms with van der Waals surface area (Å²) in [6.07, 6.45) is 9.93. The van der Waals surface area contributed by atoms with Crippen molar-refractivity contribution in [3.63, 3.8) is 0 Å². The number of amides is 1.